The highest BCUT2D eigenvalue weighted by atomic mass is 32.2. The summed E-state index contributed by atoms with van der Waals surface area (Å²) in [4.78, 5) is 10.2. The summed E-state index contributed by atoms with van der Waals surface area (Å²) in [6.07, 6.45) is 0. The first kappa shape index (κ1) is 17.9. The number of hydrogen-bond acceptors (Lipinski definition) is 7. The van der Waals surface area contributed by atoms with Gasteiger partial charge >= 0.3 is 0 Å². The molecule has 0 bridgehead atoms. The van der Waals surface area contributed by atoms with E-state index in [1.807, 2.05) is 32.0 Å². The van der Waals surface area contributed by atoms with Crippen LogP contribution in [0.3, 0.4) is 0 Å². The van der Waals surface area contributed by atoms with Gasteiger partial charge in [-0.25, -0.2) is 0 Å². The number of rotatable bonds is 7. The molecule has 0 aliphatic rings. The predicted octanol–water partition coefficient (Wildman–Crippen LogP) is 4.47. The van der Waals surface area contributed by atoms with Gasteiger partial charge in [0.2, 0.25) is 0 Å². The quantitative estimate of drug-likeness (QED) is 0.344. The molecular formula is C18H17N3O4S. The molecule has 1 aromatic heterocycles. The molecule has 0 spiro atoms. The zero-order chi connectivity index (χ0) is 18.5. The maximum Gasteiger partial charge on any atom is 0.277 e. The first-order valence-electron chi connectivity index (χ1n) is 7.90. The topological polar surface area (TPSA) is 91.3 Å². The number of ether oxygens (including phenoxy) is 1. The lowest BCUT2D eigenvalue weighted by molar-refractivity contribution is -0.384. The zero-order valence-corrected chi connectivity index (χ0v) is 15.2. The Kier molecular flexibility index (Phi) is 5.52. The van der Waals surface area contributed by atoms with Gasteiger partial charge in [-0.05, 0) is 36.6 Å². The standard InChI is InChI=1S/C18H17N3O4S/c1-12-3-4-13(2)16(9-12)24-10-17-19-20-18(25-17)26-11-14-5-7-15(8-6-14)21(22)23/h3-9H,10-11H2,1-2H3. The van der Waals surface area contributed by atoms with E-state index in [4.69, 9.17) is 9.15 Å². The molecule has 2 aromatic carbocycles. The Hall–Kier alpha value is -2.87. The van der Waals surface area contributed by atoms with Crippen LogP contribution in [0.5, 0.6) is 5.75 Å². The van der Waals surface area contributed by atoms with Crippen LogP contribution in [0.1, 0.15) is 22.6 Å². The van der Waals surface area contributed by atoms with Crippen molar-refractivity contribution in [3.63, 3.8) is 0 Å². The Morgan fingerprint density at radius 2 is 1.92 bits per heavy atom. The van der Waals surface area contributed by atoms with E-state index in [0.717, 1.165) is 22.4 Å². The summed E-state index contributed by atoms with van der Waals surface area (Å²) < 4.78 is 11.3. The van der Waals surface area contributed by atoms with Crippen LogP contribution in [0.15, 0.2) is 52.1 Å². The van der Waals surface area contributed by atoms with Crippen molar-refractivity contribution in [2.75, 3.05) is 0 Å². The molecule has 0 radical (unpaired) electrons. The molecule has 7 nitrogen and oxygen atoms in total. The molecule has 0 aliphatic heterocycles. The van der Waals surface area contributed by atoms with Gasteiger partial charge < -0.3 is 9.15 Å². The highest BCUT2D eigenvalue weighted by Gasteiger charge is 2.10. The van der Waals surface area contributed by atoms with Crippen molar-refractivity contribution in [1.82, 2.24) is 10.2 Å². The van der Waals surface area contributed by atoms with Crippen molar-refractivity contribution < 1.29 is 14.1 Å². The van der Waals surface area contributed by atoms with E-state index in [0.29, 0.717) is 16.9 Å². The number of hydrogen-bond donors (Lipinski definition) is 0. The fraction of sp³-hybridized carbons (Fsp3) is 0.222. The second kappa shape index (κ2) is 8.01. The number of aryl methyl sites for hydroxylation is 2. The highest BCUT2D eigenvalue weighted by Crippen LogP contribution is 2.24. The lowest BCUT2D eigenvalue weighted by Crippen LogP contribution is -1.97. The van der Waals surface area contributed by atoms with Crippen LogP contribution in [-0.4, -0.2) is 15.1 Å². The fourth-order valence-corrected chi connectivity index (χ4v) is 2.95. The molecule has 0 N–H and O–H groups in total. The summed E-state index contributed by atoms with van der Waals surface area (Å²) in [5, 5.41) is 19.1. The van der Waals surface area contributed by atoms with Gasteiger partial charge in [-0.15, -0.1) is 10.2 Å². The van der Waals surface area contributed by atoms with Crippen LogP contribution < -0.4 is 4.74 Å². The van der Waals surface area contributed by atoms with Gasteiger partial charge in [0.1, 0.15) is 5.75 Å². The number of nitrogens with zero attached hydrogens (tertiary/aromatic N) is 3. The molecule has 0 saturated heterocycles. The van der Waals surface area contributed by atoms with Crippen LogP contribution >= 0.6 is 11.8 Å². The molecule has 1 heterocycles. The molecular weight excluding hydrogens is 354 g/mol. The minimum Gasteiger partial charge on any atom is -0.484 e. The zero-order valence-electron chi connectivity index (χ0n) is 14.3. The van der Waals surface area contributed by atoms with Gasteiger partial charge in [-0.3, -0.25) is 10.1 Å². The molecule has 134 valence electrons. The highest BCUT2D eigenvalue weighted by molar-refractivity contribution is 7.98. The van der Waals surface area contributed by atoms with Crippen LogP contribution in [0.25, 0.3) is 0 Å². The van der Waals surface area contributed by atoms with E-state index >= 15 is 0 Å². The third-order valence-corrected chi connectivity index (χ3v) is 4.54. The van der Waals surface area contributed by atoms with E-state index in [1.165, 1.54) is 23.9 Å². The van der Waals surface area contributed by atoms with E-state index in [2.05, 4.69) is 10.2 Å². The van der Waals surface area contributed by atoms with Crippen molar-refractivity contribution in [2.45, 2.75) is 31.4 Å². The molecule has 3 aromatic rings. The predicted molar refractivity (Wildman–Crippen MR) is 97.2 cm³/mol. The molecule has 0 fully saturated rings. The van der Waals surface area contributed by atoms with Gasteiger partial charge in [0.05, 0.1) is 4.92 Å². The number of nitro groups is 1. The van der Waals surface area contributed by atoms with Gasteiger partial charge in [0.15, 0.2) is 6.61 Å². The maximum absolute atomic E-state index is 10.7. The molecule has 8 heteroatoms. The Morgan fingerprint density at radius 3 is 2.65 bits per heavy atom. The largest absolute Gasteiger partial charge is 0.484 e. The fourth-order valence-electron chi connectivity index (χ4n) is 2.22. The second-order valence-corrected chi connectivity index (χ2v) is 6.66. The molecule has 0 amide bonds. The SMILES string of the molecule is Cc1ccc(C)c(OCc2nnc(SCc3ccc([N+](=O)[O-])cc3)o2)c1. The molecule has 0 saturated carbocycles. The van der Waals surface area contributed by atoms with Crippen molar-refractivity contribution in [2.24, 2.45) is 0 Å². The van der Waals surface area contributed by atoms with Crippen molar-refractivity contribution in [1.29, 1.82) is 0 Å². The summed E-state index contributed by atoms with van der Waals surface area (Å²) in [7, 11) is 0. The summed E-state index contributed by atoms with van der Waals surface area (Å²) in [5.74, 6) is 1.78. The average Bonchev–Trinajstić information content (AvgIpc) is 3.09. The molecule has 3 rings (SSSR count). The van der Waals surface area contributed by atoms with Crippen molar-refractivity contribution in [3.05, 3.63) is 75.2 Å². The Balaban J connectivity index is 1.54. The summed E-state index contributed by atoms with van der Waals surface area (Å²) in [6.45, 7) is 4.19. The van der Waals surface area contributed by atoms with Crippen LogP contribution in [-0.2, 0) is 12.4 Å². The molecule has 26 heavy (non-hydrogen) atoms. The molecule has 0 atom stereocenters. The van der Waals surface area contributed by atoms with Crippen LogP contribution in [0.4, 0.5) is 5.69 Å². The van der Waals surface area contributed by atoms with E-state index in [-0.39, 0.29) is 12.3 Å². The average molecular weight is 371 g/mol. The third kappa shape index (κ3) is 4.60. The number of benzene rings is 2. The van der Waals surface area contributed by atoms with Gasteiger partial charge in [-0.1, -0.05) is 36.0 Å². The molecule has 0 unspecified atom stereocenters. The van der Waals surface area contributed by atoms with Crippen LogP contribution in [0.2, 0.25) is 0 Å². The maximum atomic E-state index is 10.7. The Labute approximate surface area is 154 Å². The monoisotopic (exact) mass is 371 g/mol. The first-order chi connectivity index (χ1) is 12.5. The normalized spacial score (nSPS) is 10.7. The second-order valence-electron chi connectivity index (χ2n) is 5.73. The van der Waals surface area contributed by atoms with E-state index in [9.17, 15) is 10.1 Å². The van der Waals surface area contributed by atoms with Gasteiger partial charge in [0, 0.05) is 17.9 Å². The van der Waals surface area contributed by atoms with Crippen LogP contribution in [0, 0.1) is 24.0 Å². The van der Waals surface area contributed by atoms with Crippen molar-refractivity contribution in [3.8, 4) is 5.75 Å². The Morgan fingerprint density at radius 1 is 1.15 bits per heavy atom. The minimum absolute atomic E-state index is 0.0717. The third-order valence-electron chi connectivity index (χ3n) is 3.65. The number of non-ortho nitro benzene ring substituents is 1. The summed E-state index contributed by atoms with van der Waals surface area (Å²) in [5.41, 5.74) is 3.17. The van der Waals surface area contributed by atoms with Gasteiger partial charge in [0.25, 0.3) is 16.8 Å². The van der Waals surface area contributed by atoms with E-state index in [1.54, 1.807) is 12.1 Å². The summed E-state index contributed by atoms with van der Waals surface area (Å²) in [6, 6.07) is 12.4. The smallest absolute Gasteiger partial charge is 0.277 e. The molecule has 0 aliphatic carbocycles. The Bertz CT molecular complexity index is 909. The lowest BCUT2D eigenvalue weighted by Gasteiger charge is -2.07. The summed E-state index contributed by atoms with van der Waals surface area (Å²) >= 11 is 1.37. The number of aromatic nitrogens is 2. The van der Waals surface area contributed by atoms with Crippen molar-refractivity contribution >= 4 is 17.4 Å². The lowest BCUT2D eigenvalue weighted by atomic mass is 10.1. The number of thioether (sulfide) groups is 1. The van der Waals surface area contributed by atoms with E-state index < -0.39 is 4.92 Å². The first-order valence-corrected chi connectivity index (χ1v) is 8.88. The number of nitro benzene ring substituents is 1. The van der Waals surface area contributed by atoms with Gasteiger partial charge in [-0.2, -0.15) is 0 Å². The minimum atomic E-state index is -0.419.